The van der Waals surface area contributed by atoms with Crippen LogP contribution in [-0.4, -0.2) is 29.0 Å². The summed E-state index contributed by atoms with van der Waals surface area (Å²) in [5.41, 5.74) is 1.46. The van der Waals surface area contributed by atoms with Gasteiger partial charge in [-0.3, -0.25) is 10.1 Å². The molecule has 3 heterocycles. The summed E-state index contributed by atoms with van der Waals surface area (Å²) in [6.07, 6.45) is 13.7. The Morgan fingerprint density at radius 2 is 2.11 bits per heavy atom. The lowest BCUT2D eigenvalue weighted by atomic mass is 10.0. The number of amides is 1. The Bertz CT molecular complexity index is 955. The van der Waals surface area contributed by atoms with E-state index in [9.17, 15) is 4.79 Å². The van der Waals surface area contributed by atoms with Gasteiger partial charge < -0.3 is 4.90 Å². The average Bonchev–Trinajstić information content (AvgIpc) is 3.29. The highest BCUT2D eigenvalue weighted by atomic mass is 35.5. The van der Waals surface area contributed by atoms with Crippen molar-refractivity contribution < 1.29 is 4.79 Å². The number of pyridine rings is 1. The van der Waals surface area contributed by atoms with Crippen molar-refractivity contribution in [3.63, 3.8) is 0 Å². The van der Waals surface area contributed by atoms with E-state index in [1.807, 2.05) is 49.4 Å². The highest BCUT2D eigenvalue weighted by molar-refractivity contribution is 7.15. The van der Waals surface area contributed by atoms with Crippen molar-refractivity contribution in [1.29, 1.82) is 0 Å². The molecule has 1 amide bonds. The monoisotopic (exact) mass is 412 g/mol. The Kier molecular flexibility index (Phi) is 5.59. The third-order valence-electron chi connectivity index (χ3n) is 4.85. The van der Waals surface area contributed by atoms with E-state index in [1.165, 1.54) is 24.2 Å². The van der Waals surface area contributed by atoms with Crippen LogP contribution in [0.15, 0.2) is 53.7 Å². The molecule has 1 saturated heterocycles. The standard InChI is InChI=1S/C21H21ClN4OS/c1-14-19(15-5-4-6-17(22)9-7-15)24-21(28-14)25-20(27)16-8-10-18(23-13-16)26-11-2-3-12-26/h4-10,13,15H,2-3,11-12H2,1H3,(H,24,25,27). The number of hydrogen-bond donors (Lipinski definition) is 1. The quantitative estimate of drug-likeness (QED) is 0.764. The SMILES string of the molecule is Cc1sc(NC(=O)c2ccc(N3CCCC3)nc2)nc1C1C=CC=C(Cl)C=C1. The number of halogens is 1. The number of thiazole rings is 1. The van der Waals surface area contributed by atoms with E-state index in [1.54, 1.807) is 6.20 Å². The Hall–Kier alpha value is -2.44. The molecule has 1 unspecified atom stereocenters. The fraction of sp³-hybridized carbons (Fsp3) is 0.286. The summed E-state index contributed by atoms with van der Waals surface area (Å²) in [4.78, 5) is 25.0. The number of rotatable bonds is 4. The Balaban J connectivity index is 1.45. The molecule has 1 aliphatic carbocycles. The average molecular weight is 413 g/mol. The summed E-state index contributed by atoms with van der Waals surface area (Å²) in [6.45, 7) is 4.08. The minimum Gasteiger partial charge on any atom is -0.357 e. The van der Waals surface area contributed by atoms with Gasteiger partial charge in [-0.25, -0.2) is 9.97 Å². The number of nitrogens with one attached hydrogen (secondary N) is 1. The van der Waals surface area contributed by atoms with Gasteiger partial charge in [0.2, 0.25) is 0 Å². The Labute approximate surface area is 173 Å². The number of nitrogens with zero attached hydrogens (tertiary/aromatic N) is 3. The number of allylic oxidation sites excluding steroid dienone is 6. The summed E-state index contributed by atoms with van der Waals surface area (Å²) >= 11 is 7.52. The first-order valence-electron chi connectivity index (χ1n) is 9.32. The maximum absolute atomic E-state index is 12.6. The van der Waals surface area contributed by atoms with Crippen LogP contribution in [-0.2, 0) is 0 Å². The first kappa shape index (κ1) is 18.9. The van der Waals surface area contributed by atoms with E-state index < -0.39 is 0 Å². The third kappa shape index (κ3) is 4.18. The van der Waals surface area contributed by atoms with Crippen LogP contribution in [0.2, 0.25) is 0 Å². The fourth-order valence-corrected chi connectivity index (χ4v) is 4.37. The largest absolute Gasteiger partial charge is 0.357 e. The number of anilines is 2. The molecule has 144 valence electrons. The van der Waals surface area contributed by atoms with Gasteiger partial charge in [0.05, 0.1) is 11.3 Å². The maximum Gasteiger partial charge on any atom is 0.259 e. The van der Waals surface area contributed by atoms with Gasteiger partial charge in [0, 0.05) is 35.1 Å². The molecule has 28 heavy (non-hydrogen) atoms. The molecule has 1 fully saturated rings. The van der Waals surface area contributed by atoms with Gasteiger partial charge >= 0.3 is 0 Å². The first-order chi connectivity index (χ1) is 13.6. The molecule has 1 atom stereocenters. The molecular formula is C21H21ClN4OS. The highest BCUT2D eigenvalue weighted by Crippen LogP contribution is 2.31. The van der Waals surface area contributed by atoms with Gasteiger partial charge in [0.1, 0.15) is 5.82 Å². The minimum atomic E-state index is -0.197. The molecule has 2 aliphatic rings. The molecule has 0 spiro atoms. The zero-order valence-electron chi connectivity index (χ0n) is 15.6. The van der Waals surface area contributed by atoms with Gasteiger partial charge in [0.25, 0.3) is 5.91 Å². The predicted molar refractivity (Wildman–Crippen MR) is 115 cm³/mol. The maximum atomic E-state index is 12.6. The van der Waals surface area contributed by atoms with Crippen LogP contribution < -0.4 is 10.2 Å². The molecule has 0 saturated carbocycles. The van der Waals surface area contributed by atoms with Crippen molar-refractivity contribution in [2.75, 3.05) is 23.3 Å². The first-order valence-corrected chi connectivity index (χ1v) is 10.5. The van der Waals surface area contributed by atoms with Gasteiger partial charge in [-0.15, -0.1) is 11.3 Å². The lowest BCUT2D eigenvalue weighted by Gasteiger charge is -2.15. The summed E-state index contributed by atoms with van der Waals surface area (Å²) in [5, 5.41) is 4.17. The van der Waals surface area contributed by atoms with E-state index in [2.05, 4.69) is 20.2 Å². The van der Waals surface area contributed by atoms with Crippen LogP contribution in [0.1, 0.15) is 39.7 Å². The minimum absolute atomic E-state index is 0.0378. The molecule has 2 aromatic heterocycles. The normalized spacial score (nSPS) is 18.9. The lowest BCUT2D eigenvalue weighted by molar-refractivity contribution is 0.102. The van der Waals surface area contributed by atoms with Crippen LogP contribution in [0.4, 0.5) is 10.9 Å². The summed E-state index contributed by atoms with van der Waals surface area (Å²) in [7, 11) is 0. The molecule has 0 aromatic carbocycles. The van der Waals surface area contributed by atoms with E-state index in [-0.39, 0.29) is 11.8 Å². The molecule has 0 radical (unpaired) electrons. The van der Waals surface area contributed by atoms with Crippen molar-refractivity contribution in [3.05, 3.63) is 69.9 Å². The molecule has 1 aliphatic heterocycles. The van der Waals surface area contributed by atoms with E-state index in [0.717, 1.165) is 29.5 Å². The zero-order chi connectivity index (χ0) is 19.5. The van der Waals surface area contributed by atoms with Crippen molar-refractivity contribution in [2.24, 2.45) is 0 Å². The molecule has 2 aromatic rings. The van der Waals surface area contributed by atoms with Crippen molar-refractivity contribution in [2.45, 2.75) is 25.7 Å². The third-order valence-corrected chi connectivity index (χ3v) is 6.00. The topological polar surface area (TPSA) is 58.1 Å². The second-order valence-electron chi connectivity index (χ2n) is 6.84. The zero-order valence-corrected chi connectivity index (χ0v) is 17.1. The number of hydrogen-bond acceptors (Lipinski definition) is 5. The van der Waals surface area contributed by atoms with E-state index in [4.69, 9.17) is 11.6 Å². The molecule has 7 heteroatoms. The Morgan fingerprint density at radius 3 is 2.86 bits per heavy atom. The van der Waals surface area contributed by atoms with Gasteiger partial charge in [0.15, 0.2) is 5.13 Å². The van der Waals surface area contributed by atoms with Crippen molar-refractivity contribution in [3.8, 4) is 0 Å². The number of carbonyl (C=O) groups is 1. The highest BCUT2D eigenvalue weighted by Gasteiger charge is 2.18. The van der Waals surface area contributed by atoms with Crippen LogP contribution >= 0.6 is 22.9 Å². The second-order valence-corrected chi connectivity index (χ2v) is 8.47. The van der Waals surface area contributed by atoms with Gasteiger partial charge in [-0.2, -0.15) is 0 Å². The van der Waals surface area contributed by atoms with Crippen LogP contribution in [0.25, 0.3) is 0 Å². The molecule has 5 nitrogen and oxygen atoms in total. The lowest BCUT2D eigenvalue weighted by Crippen LogP contribution is -2.19. The summed E-state index contributed by atoms with van der Waals surface area (Å²) in [6, 6.07) is 3.73. The van der Waals surface area contributed by atoms with Crippen LogP contribution in [0, 0.1) is 6.92 Å². The fourth-order valence-electron chi connectivity index (χ4n) is 3.36. The summed E-state index contributed by atoms with van der Waals surface area (Å²) in [5.74, 6) is 0.772. The van der Waals surface area contributed by atoms with Crippen molar-refractivity contribution >= 4 is 39.8 Å². The number of aromatic nitrogens is 2. The van der Waals surface area contributed by atoms with E-state index >= 15 is 0 Å². The molecule has 4 rings (SSSR count). The molecular weight excluding hydrogens is 392 g/mol. The molecule has 0 bridgehead atoms. The smallest absolute Gasteiger partial charge is 0.259 e. The van der Waals surface area contributed by atoms with Gasteiger partial charge in [-0.1, -0.05) is 29.8 Å². The van der Waals surface area contributed by atoms with Crippen molar-refractivity contribution in [1.82, 2.24) is 9.97 Å². The summed E-state index contributed by atoms with van der Waals surface area (Å²) < 4.78 is 0. The second kappa shape index (κ2) is 8.29. The Morgan fingerprint density at radius 1 is 1.29 bits per heavy atom. The van der Waals surface area contributed by atoms with Gasteiger partial charge in [-0.05, 0) is 44.1 Å². The number of carbonyl (C=O) groups excluding carboxylic acids is 1. The predicted octanol–water partition coefficient (Wildman–Crippen LogP) is 5.03. The molecule has 1 N–H and O–H groups in total. The van der Waals surface area contributed by atoms with E-state index in [0.29, 0.717) is 15.7 Å². The van der Waals surface area contributed by atoms with Crippen LogP contribution in [0.3, 0.4) is 0 Å². The van der Waals surface area contributed by atoms with Crippen LogP contribution in [0.5, 0.6) is 0 Å². The number of aryl methyl sites for hydroxylation is 1.